The highest BCUT2D eigenvalue weighted by atomic mass is 35.5. The van der Waals surface area contributed by atoms with Crippen molar-refractivity contribution in [2.45, 2.75) is 46.2 Å². The minimum atomic E-state index is -0.646. The largest absolute Gasteiger partial charge is 0.354 e. The van der Waals surface area contributed by atoms with Crippen LogP contribution in [0.25, 0.3) is 0 Å². The summed E-state index contributed by atoms with van der Waals surface area (Å²) in [6.07, 6.45) is 0.250. The van der Waals surface area contributed by atoms with Gasteiger partial charge in [0.05, 0.1) is 6.42 Å². The normalized spacial score (nSPS) is 11.9. The molecule has 156 valence electrons. The Morgan fingerprint density at radius 1 is 1.10 bits per heavy atom. The average Bonchev–Trinajstić information content (AvgIpc) is 2.69. The highest BCUT2D eigenvalue weighted by molar-refractivity contribution is 6.31. The van der Waals surface area contributed by atoms with Gasteiger partial charge in [-0.05, 0) is 30.0 Å². The zero-order chi connectivity index (χ0) is 21.4. The van der Waals surface area contributed by atoms with Crippen molar-refractivity contribution in [1.29, 1.82) is 0 Å². The molecule has 0 bridgehead atoms. The Balaban J connectivity index is 2.30. The van der Waals surface area contributed by atoms with Crippen LogP contribution in [0.2, 0.25) is 5.02 Å². The standard InChI is InChI=1S/C23H28ClFN2O2/c1-4-21(23(29)26-14-16(2)3)27(15-17-9-6-5-7-10-17)22(28)13-18-19(24)11-8-12-20(18)25/h5-12,16,21H,4,13-15H2,1-3H3,(H,26,29). The molecular weight excluding hydrogens is 391 g/mol. The molecule has 0 aliphatic carbocycles. The van der Waals surface area contributed by atoms with Gasteiger partial charge in [-0.3, -0.25) is 9.59 Å². The number of nitrogens with one attached hydrogen (secondary N) is 1. The SMILES string of the molecule is CCC(C(=O)NCC(C)C)N(Cc1ccccc1)C(=O)Cc1c(F)cccc1Cl. The van der Waals surface area contributed by atoms with E-state index in [2.05, 4.69) is 5.32 Å². The van der Waals surface area contributed by atoms with E-state index in [1.807, 2.05) is 51.1 Å². The summed E-state index contributed by atoms with van der Waals surface area (Å²) in [6.45, 7) is 6.67. The summed E-state index contributed by atoms with van der Waals surface area (Å²) >= 11 is 6.11. The third-order valence-corrected chi connectivity index (χ3v) is 5.01. The molecule has 1 N–H and O–H groups in total. The zero-order valence-electron chi connectivity index (χ0n) is 17.1. The van der Waals surface area contributed by atoms with Crippen LogP contribution in [-0.4, -0.2) is 29.3 Å². The second kappa shape index (κ2) is 11.0. The molecule has 29 heavy (non-hydrogen) atoms. The maximum absolute atomic E-state index is 14.2. The Kier molecular flexibility index (Phi) is 8.65. The Hall–Kier alpha value is -2.40. The van der Waals surface area contributed by atoms with Crippen molar-refractivity contribution in [2.24, 2.45) is 5.92 Å². The zero-order valence-corrected chi connectivity index (χ0v) is 17.9. The lowest BCUT2D eigenvalue weighted by molar-refractivity contribution is -0.141. The van der Waals surface area contributed by atoms with E-state index in [-0.39, 0.29) is 35.4 Å². The third-order valence-electron chi connectivity index (χ3n) is 4.66. The van der Waals surface area contributed by atoms with Crippen molar-refractivity contribution < 1.29 is 14.0 Å². The summed E-state index contributed by atoms with van der Waals surface area (Å²) in [5.41, 5.74) is 1.05. The van der Waals surface area contributed by atoms with E-state index in [9.17, 15) is 14.0 Å². The van der Waals surface area contributed by atoms with Gasteiger partial charge in [0.1, 0.15) is 11.9 Å². The third kappa shape index (κ3) is 6.57. The van der Waals surface area contributed by atoms with Crippen molar-refractivity contribution in [2.75, 3.05) is 6.54 Å². The maximum Gasteiger partial charge on any atom is 0.242 e. The van der Waals surface area contributed by atoms with Crippen LogP contribution in [0.1, 0.15) is 38.3 Å². The lowest BCUT2D eigenvalue weighted by atomic mass is 10.1. The lowest BCUT2D eigenvalue weighted by Crippen LogP contribution is -2.50. The minimum absolute atomic E-state index is 0.148. The number of carbonyl (C=O) groups is 2. The van der Waals surface area contributed by atoms with Gasteiger partial charge in [-0.1, -0.05) is 68.8 Å². The molecule has 0 fully saturated rings. The number of hydrogen-bond donors (Lipinski definition) is 1. The van der Waals surface area contributed by atoms with E-state index in [1.165, 1.54) is 17.0 Å². The van der Waals surface area contributed by atoms with E-state index in [0.717, 1.165) is 5.56 Å². The number of hydrogen-bond acceptors (Lipinski definition) is 2. The molecule has 1 atom stereocenters. The van der Waals surface area contributed by atoms with Crippen LogP contribution in [0.3, 0.4) is 0 Å². The first kappa shape index (κ1) is 22.9. The van der Waals surface area contributed by atoms with E-state index < -0.39 is 11.9 Å². The Morgan fingerprint density at radius 3 is 2.38 bits per heavy atom. The fourth-order valence-electron chi connectivity index (χ4n) is 3.08. The topological polar surface area (TPSA) is 49.4 Å². The molecule has 1 unspecified atom stereocenters. The average molecular weight is 419 g/mol. The predicted octanol–water partition coefficient (Wildman–Crippen LogP) is 4.60. The predicted molar refractivity (Wildman–Crippen MR) is 114 cm³/mol. The smallest absolute Gasteiger partial charge is 0.242 e. The van der Waals surface area contributed by atoms with Crippen LogP contribution in [0, 0.1) is 11.7 Å². The summed E-state index contributed by atoms with van der Waals surface area (Å²) in [5, 5.41) is 3.11. The van der Waals surface area contributed by atoms with Gasteiger partial charge in [-0.15, -0.1) is 0 Å². The van der Waals surface area contributed by atoms with Gasteiger partial charge >= 0.3 is 0 Å². The summed E-state index contributed by atoms with van der Waals surface area (Å²) < 4.78 is 14.2. The molecule has 0 heterocycles. The highest BCUT2D eigenvalue weighted by Crippen LogP contribution is 2.22. The van der Waals surface area contributed by atoms with Gasteiger partial charge in [-0.2, -0.15) is 0 Å². The van der Waals surface area contributed by atoms with Crippen LogP contribution >= 0.6 is 11.6 Å². The molecule has 2 aromatic carbocycles. The second-order valence-electron chi connectivity index (χ2n) is 7.45. The summed E-state index contributed by atoms with van der Waals surface area (Å²) in [7, 11) is 0. The van der Waals surface area contributed by atoms with Crippen LogP contribution in [0.4, 0.5) is 4.39 Å². The molecule has 0 aromatic heterocycles. The number of amides is 2. The van der Waals surface area contributed by atoms with Crippen molar-refractivity contribution in [3.8, 4) is 0 Å². The number of carbonyl (C=O) groups excluding carboxylic acids is 2. The molecule has 2 rings (SSSR count). The van der Waals surface area contributed by atoms with E-state index in [1.54, 1.807) is 6.07 Å². The summed E-state index contributed by atoms with van der Waals surface area (Å²) in [5.74, 6) is -0.771. The van der Waals surface area contributed by atoms with Crippen LogP contribution < -0.4 is 5.32 Å². The molecule has 0 radical (unpaired) electrons. The van der Waals surface area contributed by atoms with Gasteiger partial charge in [0.25, 0.3) is 0 Å². The maximum atomic E-state index is 14.2. The second-order valence-corrected chi connectivity index (χ2v) is 7.85. The highest BCUT2D eigenvalue weighted by Gasteiger charge is 2.29. The number of nitrogens with zero attached hydrogens (tertiary/aromatic N) is 1. The number of rotatable bonds is 9. The lowest BCUT2D eigenvalue weighted by Gasteiger charge is -2.31. The molecule has 0 aliphatic heterocycles. The van der Waals surface area contributed by atoms with Gasteiger partial charge < -0.3 is 10.2 Å². The summed E-state index contributed by atoms with van der Waals surface area (Å²) in [4.78, 5) is 27.5. The number of halogens is 2. The molecule has 0 saturated heterocycles. The monoisotopic (exact) mass is 418 g/mol. The van der Waals surface area contributed by atoms with Crippen molar-refractivity contribution in [1.82, 2.24) is 10.2 Å². The van der Waals surface area contributed by atoms with Crippen molar-refractivity contribution >= 4 is 23.4 Å². The Morgan fingerprint density at radius 2 is 1.79 bits per heavy atom. The molecule has 0 spiro atoms. The van der Waals surface area contributed by atoms with E-state index in [0.29, 0.717) is 18.9 Å². The molecule has 0 aliphatic rings. The number of benzene rings is 2. The molecule has 4 nitrogen and oxygen atoms in total. The van der Waals surface area contributed by atoms with Crippen molar-refractivity contribution in [3.63, 3.8) is 0 Å². The molecule has 2 aromatic rings. The Labute approximate surface area is 177 Å². The quantitative estimate of drug-likeness (QED) is 0.646. The first-order chi connectivity index (χ1) is 13.8. The van der Waals surface area contributed by atoms with Gasteiger partial charge in [0.2, 0.25) is 11.8 Å². The summed E-state index contributed by atoms with van der Waals surface area (Å²) in [6, 6.07) is 13.1. The molecule has 0 saturated carbocycles. The fraction of sp³-hybridized carbons (Fsp3) is 0.391. The van der Waals surface area contributed by atoms with Gasteiger partial charge in [0.15, 0.2) is 0 Å². The van der Waals surface area contributed by atoms with E-state index in [4.69, 9.17) is 11.6 Å². The molecular formula is C23H28ClFN2O2. The van der Waals surface area contributed by atoms with Crippen LogP contribution in [0.15, 0.2) is 48.5 Å². The van der Waals surface area contributed by atoms with Crippen molar-refractivity contribution in [3.05, 3.63) is 70.5 Å². The minimum Gasteiger partial charge on any atom is -0.354 e. The van der Waals surface area contributed by atoms with Gasteiger partial charge in [0, 0.05) is 23.7 Å². The van der Waals surface area contributed by atoms with Crippen LogP contribution in [-0.2, 0) is 22.6 Å². The fourth-order valence-corrected chi connectivity index (χ4v) is 3.31. The first-order valence-electron chi connectivity index (χ1n) is 9.87. The molecule has 6 heteroatoms. The Bertz CT molecular complexity index is 807. The van der Waals surface area contributed by atoms with Gasteiger partial charge in [-0.25, -0.2) is 4.39 Å². The van der Waals surface area contributed by atoms with Crippen LogP contribution in [0.5, 0.6) is 0 Å². The first-order valence-corrected chi connectivity index (χ1v) is 10.2. The molecule has 2 amide bonds. The van der Waals surface area contributed by atoms with E-state index >= 15 is 0 Å².